The van der Waals surface area contributed by atoms with Crippen molar-refractivity contribution >= 4 is 39.6 Å². The zero-order valence-electron chi connectivity index (χ0n) is 18.5. The Bertz CT molecular complexity index is 1400. The van der Waals surface area contributed by atoms with Crippen LogP contribution in [0.1, 0.15) is 40.1 Å². The predicted molar refractivity (Wildman–Crippen MR) is 138 cm³/mol. The topological polar surface area (TPSA) is 109 Å². The summed E-state index contributed by atoms with van der Waals surface area (Å²) >= 11 is 4.93. The number of hydrogen-bond donors (Lipinski definition) is 2. The summed E-state index contributed by atoms with van der Waals surface area (Å²) in [6, 6.07) is 22.0. The third-order valence-corrected chi connectivity index (χ3v) is 5.69. The zero-order chi connectivity index (χ0) is 24.1. The van der Waals surface area contributed by atoms with Crippen molar-refractivity contribution in [3.63, 3.8) is 0 Å². The monoisotopic (exact) mass is 472 g/mol. The molecule has 0 amide bonds. The van der Waals surface area contributed by atoms with Crippen LogP contribution in [0.25, 0.3) is 11.0 Å². The molecule has 34 heavy (non-hydrogen) atoms. The average Bonchev–Trinajstić information content (AvgIpc) is 2.86. The van der Waals surface area contributed by atoms with Gasteiger partial charge in [-0.3, -0.25) is 9.59 Å². The number of ketones is 1. The maximum atomic E-state index is 13.2. The van der Waals surface area contributed by atoms with E-state index in [0.717, 1.165) is 19.3 Å². The van der Waals surface area contributed by atoms with Gasteiger partial charge in [-0.2, -0.15) is 0 Å². The van der Waals surface area contributed by atoms with Gasteiger partial charge in [-0.15, -0.1) is 0 Å². The Kier molecular flexibility index (Phi) is 7.04. The molecule has 0 unspecified atom stereocenters. The minimum atomic E-state index is -0.477. The Morgan fingerprint density at radius 3 is 2.38 bits per heavy atom. The Morgan fingerprint density at radius 2 is 1.68 bits per heavy atom. The van der Waals surface area contributed by atoms with Crippen molar-refractivity contribution in [2.75, 3.05) is 12.3 Å². The summed E-state index contributed by atoms with van der Waals surface area (Å²) in [6.45, 7) is 0.595. The van der Waals surface area contributed by atoms with Gasteiger partial charge in [0.2, 0.25) is 5.43 Å². The van der Waals surface area contributed by atoms with Gasteiger partial charge in [-0.05, 0) is 61.2 Å². The number of anilines is 1. The van der Waals surface area contributed by atoms with Gasteiger partial charge in [0.25, 0.3) is 0 Å². The van der Waals surface area contributed by atoms with Gasteiger partial charge in [0.05, 0.1) is 17.6 Å². The molecule has 0 saturated carbocycles. The van der Waals surface area contributed by atoms with Crippen LogP contribution in [0, 0.1) is 0 Å². The van der Waals surface area contributed by atoms with E-state index in [1.54, 1.807) is 42.5 Å². The number of carbonyl (C=O) groups excluding carboxylic acids is 1. The van der Waals surface area contributed by atoms with E-state index >= 15 is 0 Å². The molecule has 0 radical (unpaired) electrons. The van der Waals surface area contributed by atoms with E-state index < -0.39 is 5.43 Å². The molecule has 4 N–H and O–H groups in total. The summed E-state index contributed by atoms with van der Waals surface area (Å²) in [7, 11) is 0. The molecule has 0 aliphatic heterocycles. The summed E-state index contributed by atoms with van der Waals surface area (Å²) in [5.74, 6) is 0.287. The number of unbranched alkanes of at least 4 members (excludes halogenated alkanes) is 1. The van der Waals surface area contributed by atoms with Gasteiger partial charge >= 0.3 is 0 Å². The molecule has 0 fully saturated rings. The molecule has 7 heteroatoms. The first-order valence-electron chi connectivity index (χ1n) is 10.9. The number of nitrogens with two attached hydrogens (primary N) is 2. The second-order valence-electron chi connectivity index (χ2n) is 7.87. The van der Waals surface area contributed by atoms with Crippen LogP contribution < -0.4 is 21.6 Å². The van der Waals surface area contributed by atoms with Gasteiger partial charge in [0.1, 0.15) is 22.0 Å². The molecule has 0 saturated heterocycles. The number of ether oxygens (including phenoxy) is 1. The number of hydrogen-bond acceptors (Lipinski definition) is 6. The average molecular weight is 473 g/mol. The van der Waals surface area contributed by atoms with Crippen molar-refractivity contribution in [1.29, 1.82) is 0 Å². The molecule has 1 aromatic heterocycles. The van der Waals surface area contributed by atoms with E-state index in [1.165, 1.54) is 5.56 Å². The second kappa shape index (κ2) is 10.3. The molecule has 0 bridgehead atoms. The molecule has 0 atom stereocenters. The molecular formula is C27H24N2O4S. The standard InChI is InChI=1S/C27H24N2O4S/c28-22-24(31)21-11-6-10-20(25(21)33-26(22)27(29)34)23(30)18-12-14-19(15-13-18)32-16-5-4-9-17-7-2-1-3-8-17/h1-3,6-8,10-15H,4-5,9,16,28H2,(H2,29,34). The molecule has 6 nitrogen and oxygen atoms in total. The first kappa shape index (κ1) is 23.2. The van der Waals surface area contributed by atoms with Gasteiger partial charge in [-0.25, -0.2) is 0 Å². The zero-order valence-corrected chi connectivity index (χ0v) is 19.3. The van der Waals surface area contributed by atoms with Crippen LogP contribution in [0.3, 0.4) is 0 Å². The Balaban J connectivity index is 1.45. The lowest BCUT2D eigenvalue weighted by molar-refractivity contribution is 0.103. The van der Waals surface area contributed by atoms with E-state index in [2.05, 4.69) is 12.1 Å². The Hall–Kier alpha value is -3.97. The number of carbonyl (C=O) groups is 1. The fraction of sp³-hybridized carbons (Fsp3) is 0.148. The first-order valence-corrected chi connectivity index (χ1v) is 11.3. The number of fused-ring (bicyclic) bond motifs is 1. The fourth-order valence-corrected chi connectivity index (χ4v) is 3.87. The van der Waals surface area contributed by atoms with E-state index in [4.69, 9.17) is 32.8 Å². The predicted octanol–water partition coefficient (Wildman–Crippen LogP) is 4.64. The number of aryl methyl sites for hydroxylation is 1. The quantitative estimate of drug-likeness (QED) is 0.207. The molecule has 3 aromatic carbocycles. The van der Waals surface area contributed by atoms with Gasteiger partial charge < -0.3 is 20.6 Å². The largest absolute Gasteiger partial charge is 0.494 e. The molecule has 4 rings (SSSR count). The molecular weight excluding hydrogens is 448 g/mol. The van der Waals surface area contributed by atoms with Crippen LogP contribution in [0.5, 0.6) is 5.75 Å². The van der Waals surface area contributed by atoms with Gasteiger partial charge in [-0.1, -0.05) is 48.6 Å². The molecule has 0 aliphatic rings. The number of nitrogen functional groups attached to an aromatic ring is 1. The van der Waals surface area contributed by atoms with E-state index in [9.17, 15) is 9.59 Å². The summed E-state index contributed by atoms with van der Waals surface area (Å²) in [4.78, 5) is 25.6. The van der Waals surface area contributed by atoms with Crippen molar-refractivity contribution in [3.8, 4) is 5.75 Å². The highest BCUT2D eigenvalue weighted by Gasteiger charge is 2.20. The fourth-order valence-electron chi connectivity index (χ4n) is 3.72. The minimum Gasteiger partial charge on any atom is -0.494 e. The third-order valence-electron chi connectivity index (χ3n) is 5.51. The highest BCUT2D eigenvalue weighted by molar-refractivity contribution is 7.80. The number of rotatable bonds is 9. The summed E-state index contributed by atoms with van der Waals surface area (Å²) in [6.07, 6.45) is 2.98. The second-order valence-corrected chi connectivity index (χ2v) is 8.30. The van der Waals surface area contributed by atoms with Gasteiger partial charge in [0.15, 0.2) is 11.5 Å². The Morgan fingerprint density at radius 1 is 0.941 bits per heavy atom. The van der Waals surface area contributed by atoms with Crippen LogP contribution in [0.2, 0.25) is 0 Å². The van der Waals surface area contributed by atoms with E-state index in [-0.39, 0.29) is 38.8 Å². The minimum absolute atomic E-state index is 0.0937. The number of benzene rings is 3. The molecule has 172 valence electrons. The van der Waals surface area contributed by atoms with Crippen LogP contribution in [-0.2, 0) is 6.42 Å². The van der Waals surface area contributed by atoms with Crippen molar-refractivity contribution in [1.82, 2.24) is 0 Å². The highest BCUT2D eigenvalue weighted by Crippen LogP contribution is 2.24. The normalized spacial score (nSPS) is 10.8. The molecule has 0 spiro atoms. The van der Waals surface area contributed by atoms with Crippen LogP contribution in [0.4, 0.5) is 5.69 Å². The number of thiocarbonyl (C=S) groups is 1. The summed E-state index contributed by atoms with van der Waals surface area (Å²) < 4.78 is 11.5. The van der Waals surface area contributed by atoms with Crippen molar-refractivity contribution in [3.05, 3.63) is 105 Å². The van der Waals surface area contributed by atoms with Crippen molar-refractivity contribution < 1.29 is 13.9 Å². The summed E-state index contributed by atoms with van der Waals surface area (Å²) in [5, 5.41) is 0.193. The lowest BCUT2D eigenvalue weighted by Gasteiger charge is -2.10. The number of para-hydroxylation sites is 1. The smallest absolute Gasteiger partial charge is 0.216 e. The Labute approximate surface area is 202 Å². The van der Waals surface area contributed by atoms with E-state index in [1.807, 2.05) is 18.2 Å². The molecule has 0 aliphatic carbocycles. The maximum Gasteiger partial charge on any atom is 0.216 e. The lowest BCUT2D eigenvalue weighted by atomic mass is 10.0. The van der Waals surface area contributed by atoms with Crippen molar-refractivity contribution in [2.24, 2.45) is 5.73 Å². The van der Waals surface area contributed by atoms with Crippen molar-refractivity contribution in [2.45, 2.75) is 19.3 Å². The van der Waals surface area contributed by atoms with Crippen LogP contribution in [-0.4, -0.2) is 17.4 Å². The lowest BCUT2D eigenvalue weighted by Crippen LogP contribution is -2.19. The SMILES string of the molecule is NC(=S)c1oc2c(C(=O)c3ccc(OCCCCc4ccccc4)cc3)cccc2c(=O)c1N. The molecule has 4 aromatic rings. The molecule has 1 heterocycles. The maximum absolute atomic E-state index is 13.2. The highest BCUT2D eigenvalue weighted by atomic mass is 32.1. The van der Waals surface area contributed by atoms with Crippen LogP contribution >= 0.6 is 12.2 Å². The summed E-state index contributed by atoms with van der Waals surface area (Å²) in [5.41, 5.74) is 12.9. The van der Waals surface area contributed by atoms with Crippen LogP contribution in [0.15, 0.2) is 82.0 Å². The van der Waals surface area contributed by atoms with Gasteiger partial charge in [0, 0.05) is 5.56 Å². The first-order chi connectivity index (χ1) is 16.5. The third kappa shape index (κ3) is 5.00. The van der Waals surface area contributed by atoms with E-state index in [0.29, 0.717) is 17.9 Å².